The lowest BCUT2D eigenvalue weighted by Crippen LogP contribution is -1.95. The van der Waals surface area contributed by atoms with E-state index in [4.69, 9.17) is 9.40 Å². The fourth-order valence-electron chi connectivity index (χ4n) is 7.88. The van der Waals surface area contributed by atoms with Crippen molar-refractivity contribution in [3.05, 3.63) is 170 Å². The zero-order valence-electron chi connectivity index (χ0n) is 27.4. The number of rotatable bonds is 4. The standard InChI is InChI=1S/C47H28N2OS/c1-2-12-29(13-3-1)39-27-31(28-40(48-39)37-20-11-19-36-34-17-6-9-23-44(34)51-47(36)37)30-14-10-15-32(26-30)49-41-21-7-4-18-38(41)45-42(49)25-24-35-33-16-5-8-22-43(33)50-46(35)45/h1-28H. The number of pyridine rings is 1. The van der Waals surface area contributed by atoms with Crippen molar-refractivity contribution in [2.75, 3.05) is 0 Å². The molecule has 0 bridgehead atoms. The number of nitrogens with zero attached hydrogens (tertiary/aromatic N) is 2. The van der Waals surface area contributed by atoms with Crippen LogP contribution in [0.25, 0.3) is 103 Å². The van der Waals surface area contributed by atoms with E-state index in [9.17, 15) is 0 Å². The Morgan fingerprint density at radius 1 is 0.471 bits per heavy atom. The average Bonchev–Trinajstić information content (AvgIpc) is 3.88. The summed E-state index contributed by atoms with van der Waals surface area (Å²) in [5.74, 6) is 0. The number of thiophene rings is 1. The van der Waals surface area contributed by atoms with Gasteiger partial charge in [0.2, 0.25) is 0 Å². The summed E-state index contributed by atoms with van der Waals surface area (Å²) < 4.78 is 11.5. The third-order valence-corrected chi connectivity index (χ3v) is 11.4. The second kappa shape index (κ2) is 11.0. The first-order chi connectivity index (χ1) is 25.3. The third-order valence-electron chi connectivity index (χ3n) is 10.2. The van der Waals surface area contributed by atoms with Crippen LogP contribution in [0.3, 0.4) is 0 Å². The second-order valence-corrected chi connectivity index (χ2v) is 14.2. The quantitative estimate of drug-likeness (QED) is 0.187. The van der Waals surface area contributed by atoms with E-state index < -0.39 is 0 Å². The molecule has 0 aliphatic heterocycles. The molecule has 0 atom stereocenters. The predicted octanol–water partition coefficient (Wildman–Crippen LogP) is 13.4. The molecule has 11 aromatic rings. The van der Waals surface area contributed by atoms with Gasteiger partial charge in [-0.05, 0) is 65.7 Å². The first-order valence-corrected chi connectivity index (χ1v) is 18.0. The summed E-state index contributed by atoms with van der Waals surface area (Å²) in [7, 11) is 0. The Kier molecular flexibility index (Phi) is 6.12. The zero-order chi connectivity index (χ0) is 33.5. The Labute approximate surface area is 297 Å². The normalized spacial score (nSPS) is 11.9. The van der Waals surface area contributed by atoms with E-state index in [1.165, 1.54) is 25.6 Å². The number of hydrogen-bond donors (Lipinski definition) is 0. The molecular formula is C47H28N2OS. The summed E-state index contributed by atoms with van der Waals surface area (Å²) in [6.07, 6.45) is 0. The van der Waals surface area contributed by atoms with Crippen molar-refractivity contribution < 1.29 is 4.42 Å². The summed E-state index contributed by atoms with van der Waals surface area (Å²) in [5, 5.41) is 7.16. The lowest BCUT2D eigenvalue weighted by molar-refractivity contribution is 0.673. The van der Waals surface area contributed by atoms with Gasteiger partial charge in [-0.1, -0.05) is 115 Å². The summed E-state index contributed by atoms with van der Waals surface area (Å²) in [4.78, 5) is 5.31. The lowest BCUT2D eigenvalue weighted by Gasteiger charge is -2.13. The van der Waals surface area contributed by atoms with Gasteiger partial charge in [-0.15, -0.1) is 11.3 Å². The Balaban J connectivity index is 1.14. The largest absolute Gasteiger partial charge is 0.455 e. The average molecular weight is 669 g/mol. The Bertz CT molecular complexity index is 3150. The molecule has 0 fully saturated rings. The van der Waals surface area contributed by atoms with Crippen LogP contribution in [-0.4, -0.2) is 9.55 Å². The molecule has 7 aromatic carbocycles. The minimum absolute atomic E-state index is 0.910. The molecule has 51 heavy (non-hydrogen) atoms. The lowest BCUT2D eigenvalue weighted by atomic mass is 9.99. The zero-order valence-corrected chi connectivity index (χ0v) is 28.2. The van der Waals surface area contributed by atoms with Crippen LogP contribution < -0.4 is 0 Å². The number of fused-ring (bicyclic) bond motifs is 10. The molecule has 238 valence electrons. The number of aromatic nitrogens is 2. The summed E-state index contributed by atoms with van der Waals surface area (Å²) >= 11 is 1.84. The monoisotopic (exact) mass is 668 g/mol. The molecule has 0 saturated heterocycles. The van der Waals surface area contributed by atoms with Gasteiger partial charge in [0.1, 0.15) is 11.2 Å². The Hall–Kier alpha value is -6.49. The Morgan fingerprint density at radius 3 is 2.12 bits per heavy atom. The van der Waals surface area contributed by atoms with E-state index in [-0.39, 0.29) is 0 Å². The third kappa shape index (κ3) is 4.33. The van der Waals surface area contributed by atoms with Crippen molar-refractivity contribution in [1.82, 2.24) is 9.55 Å². The predicted molar refractivity (Wildman–Crippen MR) is 215 cm³/mol. The maximum Gasteiger partial charge on any atom is 0.145 e. The van der Waals surface area contributed by atoms with Crippen LogP contribution in [0.15, 0.2) is 174 Å². The second-order valence-electron chi connectivity index (χ2n) is 13.1. The van der Waals surface area contributed by atoms with Crippen LogP contribution in [0.2, 0.25) is 0 Å². The molecule has 0 amide bonds. The van der Waals surface area contributed by atoms with Crippen molar-refractivity contribution in [2.45, 2.75) is 0 Å². The maximum atomic E-state index is 6.56. The maximum absolute atomic E-state index is 6.56. The first kappa shape index (κ1) is 28.4. The van der Waals surface area contributed by atoms with Gasteiger partial charge in [0.05, 0.1) is 27.8 Å². The summed E-state index contributed by atoms with van der Waals surface area (Å²) in [6.45, 7) is 0. The molecule has 0 spiro atoms. The molecule has 0 N–H and O–H groups in total. The van der Waals surface area contributed by atoms with Crippen LogP contribution >= 0.6 is 11.3 Å². The van der Waals surface area contributed by atoms with Gasteiger partial charge in [0.15, 0.2) is 0 Å². The van der Waals surface area contributed by atoms with Gasteiger partial charge in [0.25, 0.3) is 0 Å². The van der Waals surface area contributed by atoms with Crippen LogP contribution in [0.4, 0.5) is 0 Å². The molecular weight excluding hydrogens is 641 g/mol. The highest BCUT2D eigenvalue weighted by Gasteiger charge is 2.19. The van der Waals surface area contributed by atoms with Gasteiger partial charge in [0, 0.05) is 53.1 Å². The van der Waals surface area contributed by atoms with Gasteiger partial charge in [-0.2, -0.15) is 0 Å². The first-order valence-electron chi connectivity index (χ1n) is 17.2. The van der Waals surface area contributed by atoms with Gasteiger partial charge < -0.3 is 8.98 Å². The fourth-order valence-corrected chi connectivity index (χ4v) is 9.10. The van der Waals surface area contributed by atoms with Crippen LogP contribution in [-0.2, 0) is 0 Å². The molecule has 0 saturated carbocycles. The van der Waals surface area contributed by atoms with E-state index >= 15 is 0 Å². The van der Waals surface area contributed by atoms with Crippen LogP contribution in [0.1, 0.15) is 0 Å². The summed E-state index contributed by atoms with van der Waals surface area (Å²) in [6, 6.07) is 60.6. The highest BCUT2D eigenvalue weighted by molar-refractivity contribution is 7.26. The molecule has 0 radical (unpaired) electrons. The highest BCUT2D eigenvalue weighted by atomic mass is 32.1. The van der Waals surface area contributed by atoms with Crippen LogP contribution in [0, 0.1) is 0 Å². The smallest absolute Gasteiger partial charge is 0.145 e. The van der Waals surface area contributed by atoms with Crippen molar-refractivity contribution in [1.29, 1.82) is 0 Å². The van der Waals surface area contributed by atoms with Crippen LogP contribution in [0.5, 0.6) is 0 Å². The van der Waals surface area contributed by atoms with Crippen molar-refractivity contribution in [3.63, 3.8) is 0 Å². The van der Waals surface area contributed by atoms with Crippen molar-refractivity contribution >= 4 is 75.3 Å². The van der Waals surface area contributed by atoms with Crippen molar-refractivity contribution in [3.8, 4) is 39.3 Å². The van der Waals surface area contributed by atoms with Gasteiger partial charge in [-0.25, -0.2) is 4.98 Å². The molecule has 4 heterocycles. The van der Waals surface area contributed by atoms with Crippen molar-refractivity contribution in [2.24, 2.45) is 0 Å². The molecule has 11 rings (SSSR count). The molecule has 4 heteroatoms. The molecule has 4 aromatic heterocycles. The molecule has 3 nitrogen and oxygen atoms in total. The highest BCUT2D eigenvalue weighted by Crippen LogP contribution is 2.43. The molecule has 0 aliphatic rings. The van der Waals surface area contributed by atoms with E-state index in [0.717, 1.165) is 77.7 Å². The SMILES string of the molecule is c1ccc(-c2cc(-c3cccc(-n4c5ccccc5c5c6oc7ccccc7c6ccc54)c3)cc(-c3cccc4c3sc3ccccc34)n2)cc1. The molecule has 0 unspecified atom stereocenters. The van der Waals surface area contributed by atoms with E-state index in [1.54, 1.807) is 0 Å². The minimum Gasteiger partial charge on any atom is -0.455 e. The number of furan rings is 1. The van der Waals surface area contributed by atoms with E-state index in [2.05, 4.69) is 168 Å². The number of hydrogen-bond acceptors (Lipinski definition) is 3. The number of para-hydroxylation sites is 2. The van der Waals surface area contributed by atoms with Gasteiger partial charge >= 0.3 is 0 Å². The van der Waals surface area contributed by atoms with E-state index in [1.807, 2.05) is 17.4 Å². The van der Waals surface area contributed by atoms with Gasteiger partial charge in [-0.3, -0.25) is 0 Å². The fraction of sp³-hybridized carbons (Fsp3) is 0. The van der Waals surface area contributed by atoms with E-state index in [0.29, 0.717) is 0 Å². The number of benzene rings is 7. The molecule has 0 aliphatic carbocycles. The Morgan fingerprint density at radius 2 is 1.20 bits per heavy atom. The summed E-state index contributed by atoms with van der Waals surface area (Å²) in [5.41, 5.74) is 11.6. The topological polar surface area (TPSA) is 31.0 Å². The minimum atomic E-state index is 0.910.